The van der Waals surface area contributed by atoms with E-state index in [0.717, 1.165) is 12.7 Å². The van der Waals surface area contributed by atoms with Gasteiger partial charge in [-0.05, 0) is 18.6 Å². The highest BCUT2D eigenvalue weighted by molar-refractivity contribution is 6.31. The van der Waals surface area contributed by atoms with E-state index in [4.69, 9.17) is 26.8 Å². The quantitative estimate of drug-likeness (QED) is 0.610. The highest BCUT2D eigenvalue weighted by Gasteiger charge is 2.40. The predicted octanol–water partition coefficient (Wildman–Crippen LogP) is 3.77. The van der Waals surface area contributed by atoms with E-state index in [9.17, 15) is 14.9 Å². The molecule has 1 atom stereocenters. The third-order valence-electron chi connectivity index (χ3n) is 4.57. The number of methoxy groups -OCH3 is 1. The van der Waals surface area contributed by atoms with Crippen molar-refractivity contribution < 1.29 is 19.1 Å². The number of esters is 1. The molecule has 3 rings (SSSR count). The third-order valence-corrected chi connectivity index (χ3v) is 4.91. The van der Waals surface area contributed by atoms with Crippen LogP contribution in [0.1, 0.15) is 27.4 Å². The summed E-state index contributed by atoms with van der Waals surface area (Å²) in [5.41, 5.74) is 7.58. The SMILES string of the molecule is COC(=O)C1=C(C(=O)c2ccc(C)cc2)C(c2ccccc2Cl)C(C#N)=C(N)O1. The third kappa shape index (κ3) is 3.73. The van der Waals surface area contributed by atoms with Gasteiger partial charge in [-0.2, -0.15) is 5.26 Å². The second-order valence-electron chi connectivity index (χ2n) is 6.38. The Kier molecular flexibility index (Phi) is 5.71. The summed E-state index contributed by atoms with van der Waals surface area (Å²) < 4.78 is 10.2. The second kappa shape index (κ2) is 8.21. The first-order valence-electron chi connectivity index (χ1n) is 8.64. The second-order valence-corrected chi connectivity index (χ2v) is 6.78. The van der Waals surface area contributed by atoms with Crippen molar-refractivity contribution in [2.75, 3.05) is 7.11 Å². The molecule has 146 valence electrons. The van der Waals surface area contributed by atoms with Crippen LogP contribution in [0.15, 0.2) is 71.3 Å². The van der Waals surface area contributed by atoms with Crippen LogP contribution < -0.4 is 5.73 Å². The number of halogens is 1. The van der Waals surface area contributed by atoms with Gasteiger partial charge in [0, 0.05) is 10.6 Å². The molecule has 7 heteroatoms. The van der Waals surface area contributed by atoms with Gasteiger partial charge in [-0.15, -0.1) is 0 Å². The van der Waals surface area contributed by atoms with E-state index in [1.54, 1.807) is 48.5 Å². The molecule has 1 unspecified atom stereocenters. The number of nitrogens with zero attached hydrogens (tertiary/aromatic N) is 1. The van der Waals surface area contributed by atoms with E-state index in [1.165, 1.54) is 0 Å². The van der Waals surface area contributed by atoms with Gasteiger partial charge in [0.15, 0.2) is 5.78 Å². The fourth-order valence-electron chi connectivity index (χ4n) is 3.12. The average molecular weight is 409 g/mol. The largest absolute Gasteiger partial charge is 0.463 e. The number of aryl methyl sites for hydroxylation is 1. The molecule has 1 heterocycles. The zero-order chi connectivity index (χ0) is 21.1. The Balaban J connectivity index is 2.30. The number of carbonyl (C=O) groups excluding carboxylic acids is 2. The molecule has 0 saturated carbocycles. The normalized spacial score (nSPS) is 16.1. The lowest BCUT2D eigenvalue weighted by Crippen LogP contribution is -2.28. The van der Waals surface area contributed by atoms with Crippen LogP contribution in [0.5, 0.6) is 0 Å². The maximum Gasteiger partial charge on any atom is 0.374 e. The molecule has 2 aromatic carbocycles. The first-order valence-corrected chi connectivity index (χ1v) is 9.02. The molecule has 0 aliphatic carbocycles. The Bertz CT molecular complexity index is 1090. The van der Waals surface area contributed by atoms with Crippen molar-refractivity contribution in [1.29, 1.82) is 5.26 Å². The number of hydrogen-bond acceptors (Lipinski definition) is 6. The van der Waals surface area contributed by atoms with Gasteiger partial charge in [-0.25, -0.2) is 4.79 Å². The maximum atomic E-state index is 13.4. The highest BCUT2D eigenvalue weighted by atomic mass is 35.5. The molecule has 0 aromatic heterocycles. The number of nitriles is 1. The Hall–Kier alpha value is -3.56. The molecule has 0 fully saturated rings. The van der Waals surface area contributed by atoms with Crippen molar-refractivity contribution in [3.63, 3.8) is 0 Å². The van der Waals surface area contributed by atoms with Gasteiger partial charge in [0.1, 0.15) is 11.6 Å². The zero-order valence-electron chi connectivity index (χ0n) is 15.7. The summed E-state index contributed by atoms with van der Waals surface area (Å²) in [6.45, 7) is 1.89. The van der Waals surface area contributed by atoms with Gasteiger partial charge >= 0.3 is 5.97 Å². The first-order chi connectivity index (χ1) is 13.9. The number of nitrogens with two attached hydrogens (primary N) is 1. The van der Waals surface area contributed by atoms with E-state index in [1.807, 2.05) is 13.0 Å². The van der Waals surface area contributed by atoms with Crippen LogP contribution in [0, 0.1) is 18.3 Å². The Morgan fingerprint density at radius 3 is 2.41 bits per heavy atom. The van der Waals surface area contributed by atoms with Crippen molar-refractivity contribution in [2.24, 2.45) is 5.73 Å². The molecule has 2 aromatic rings. The van der Waals surface area contributed by atoms with E-state index in [0.29, 0.717) is 16.1 Å². The lowest BCUT2D eigenvalue weighted by atomic mass is 9.79. The Labute approximate surface area is 172 Å². The molecular formula is C22H17ClN2O4. The zero-order valence-corrected chi connectivity index (χ0v) is 16.5. The molecule has 0 radical (unpaired) electrons. The van der Waals surface area contributed by atoms with E-state index >= 15 is 0 Å². The van der Waals surface area contributed by atoms with Crippen molar-refractivity contribution in [3.05, 3.63) is 93.0 Å². The summed E-state index contributed by atoms with van der Waals surface area (Å²) in [5.74, 6) is -2.99. The van der Waals surface area contributed by atoms with Crippen LogP contribution in [0.25, 0.3) is 0 Å². The van der Waals surface area contributed by atoms with Crippen LogP contribution in [0.3, 0.4) is 0 Å². The standard InChI is InChI=1S/C22H17ClN2O4/c1-12-7-9-13(10-8-12)19(26)18-17(14-5-3-4-6-16(14)23)15(11-24)21(25)29-20(18)22(27)28-2/h3-10,17H,25H2,1-2H3. The van der Waals surface area contributed by atoms with E-state index < -0.39 is 17.7 Å². The number of ketones is 1. The minimum atomic E-state index is -0.981. The molecule has 0 amide bonds. The molecule has 1 aliphatic heterocycles. The summed E-state index contributed by atoms with van der Waals surface area (Å²) in [4.78, 5) is 25.9. The maximum absolute atomic E-state index is 13.4. The van der Waals surface area contributed by atoms with Crippen LogP contribution in [-0.4, -0.2) is 18.9 Å². The summed E-state index contributed by atoms with van der Waals surface area (Å²) in [5, 5.41) is 10.0. The molecule has 6 nitrogen and oxygen atoms in total. The van der Waals surface area contributed by atoms with Crippen molar-refractivity contribution in [2.45, 2.75) is 12.8 Å². The smallest absolute Gasteiger partial charge is 0.374 e. The molecular weight excluding hydrogens is 392 g/mol. The van der Waals surface area contributed by atoms with Crippen LogP contribution in [-0.2, 0) is 14.3 Å². The van der Waals surface area contributed by atoms with Crippen LogP contribution in [0.2, 0.25) is 5.02 Å². The average Bonchev–Trinajstić information content (AvgIpc) is 2.73. The lowest BCUT2D eigenvalue weighted by molar-refractivity contribution is -0.139. The van der Waals surface area contributed by atoms with Gasteiger partial charge in [-0.1, -0.05) is 59.6 Å². The molecule has 0 spiro atoms. The summed E-state index contributed by atoms with van der Waals surface area (Å²) in [6.07, 6.45) is 0. The number of benzene rings is 2. The first kappa shape index (κ1) is 20.2. The van der Waals surface area contributed by atoms with Crippen molar-refractivity contribution in [1.82, 2.24) is 0 Å². The fraction of sp³-hybridized carbons (Fsp3) is 0.136. The van der Waals surface area contributed by atoms with E-state index in [2.05, 4.69) is 0 Å². The molecule has 0 bridgehead atoms. The number of Topliss-reactive ketones (excluding diaryl/α,β-unsaturated/α-hetero) is 1. The lowest BCUT2D eigenvalue weighted by Gasteiger charge is -2.28. The minimum Gasteiger partial charge on any atom is -0.463 e. The van der Waals surface area contributed by atoms with Crippen LogP contribution >= 0.6 is 11.6 Å². The highest BCUT2D eigenvalue weighted by Crippen LogP contribution is 2.43. The topological polar surface area (TPSA) is 102 Å². The molecule has 2 N–H and O–H groups in total. The van der Waals surface area contributed by atoms with Crippen LogP contribution in [0.4, 0.5) is 0 Å². The summed E-state index contributed by atoms with van der Waals surface area (Å²) in [7, 11) is 1.16. The molecule has 0 saturated heterocycles. The van der Waals surface area contributed by atoms with Gasteiger partial charge in [0.25, 0.3) is 0 Å². The van der Waals surface area contributed by atoms with Gasteiger partial charge < -0.3 is 15.2 Å². The number of allylic oxidation sites excluding steroid dienone is 2. The van der Waals surface area contributed by atoms with Gasteiger partial charge in [0.2, 0.25) is 11.6 Å². The van der Waals surface area contributed by atoms with Crippen molar-refractivity contribution in [3.8, 4) is 6.07 Å². The number of hydrogen-bond donors (Lipinski definition) is 1. The minimum absolute atomic E-state index is 0.0128. The monoisotopic (exact) mass is 408 g/mol. The Morgan fingerprint density at radius 2 is 1.83 bits per heavy atom. The number of carbonyl (C=O) groups is 2. The van der Waals surface area contributed by atoms with E-state index in [-0.39, 0.29) is 22.8 Å². The van der Waals surface area contributed by atoms with Gasteiger partial charge in [0.05, 0.1) is 18.6 Å². The molecule has 1 aliphatic rings. The number of ether oxygens (including phenoxy) is 2. The molecule has 29 heavy (non-hydrogen) atoms. The fourth-order valence-corrected chi connectivity index (χ4v) is 3.36. The summed E-state index contributed by atoms with van der Waals surface area (Å²) in [6, 6.07) is 15.5. The summed E-state index contributed by atoms with van der Waals surface area (Å²) >= 11 is 6.36. The number of rotatable bonds is 4. The van der Waals surface area contributed by atoms with Crippen molar-refractivity contribution >= 4 is 23.4 Å². The Morgan fingerprint density at radius 1 is 1.17 bits per heavy atom. The van der Waals surface area contributed by atoms with Gasteiger partial charge in [-0.3, -0.25) is 4.79 Å². The predicted molar refractivity (Wildman–Crippen MR) is 107 cm³/mol.